The van der Waals surface area contributed by atoms with E-state index < -0.39 is 6.49 Å². The van der Waals surface area contributed by atoms with E-state index in [0.29, 0.717) is 6.61 Å². The van der Waals surface area contributed by atoms with Crippen molar-refractivity contribution in [3.8, 4) is 5.75 Å². The van der Waals surface area contributed by atoms with E-state index in [4.69, 9.17) is 25.6 Å². The van der Waals surface area contributed by atoms with Crippen LogP contribution in [-0.4, -0.2) is 13.7 Å². The Bertz CT molecular complexity index is 753. The zero-order chi connectivity index (χ0) is 17.4. The Balaban J connectivity index is 1.94. The molecule has 2 unspecified atom stereocenters. The maximum absolute atomic E-state index is 6.44. The molecule has 1 aliphatic heterocycles. The molecule has 128 valence electrons. The van der Waals surface area contributed by atoms with Gasteiger partial charge in [0.2, 0.25) is 6.49 Å². The summed E-state index contributed by atoms with van der Waals surface area (Å²) < 4.78 is 17.7. The first-order valence-corrected chi connectivity index (χ1v) is 10.6. The zero-order valence-corrected chi connectivity index (χ0v) is 16.2. The van der Waals surface area contributed by atoms with Crippen molar-refractivity contribution in [2.45, 2.75) is 26.9 Å². The Morgan fingerprint density at radius 3 is 2.29 bits per heavy atom. The molecule has 1 saturated heterocycles. The summed E-state index contributed by atoms with van der Waals surface area (Å²) >= 11 is 5.83. The van der Waals surface area contributed by atoms with Gasteiger partial charge in [-0.05, 0) is 48.6 Å². The molecule has 0 amide bonds. The summed E-state index contributed by atoms with van der Waals surface area (Å²) in [6, 6.07) is 16.2. The highest BCUT2D eigenvalue weighted by molar-refractivity contribution is 8.13. The minimum atomic E-state index is -2.53. The molecule has 0 bridgehead atoms. The third-order valence-corrected chi connectivity index (χ3v) is 7.42. The van der Waals surface area contributed by atoms with Crippen LogP contribution >= 0.6 is 6.49 Å². The lowest BCUT2D eigenvalue weighted by Gasteiger charge is -2.43. The van der Waals surface area contributed by atoms with Crippen molar-refractivity contribution in [2.75, 3.05) is 13.7 Å². The van der Waals surface area contributed by atoms with E-state index in [0.717, 1.165) is 16.6 Å². The van der Waals surface area contributed by atoms with Crippen molar-refractivity contribution >= 4 is 23.6 Å². The van der Waals surface area contributed by atoms with Crippen LogP contribution in [0.15, 0.2) is 48.5 Å². The topological polar surface area (TPSA) is 27.7 Å². The molecule has 0 spiro atoms. The van der Waals surface area contributed by atoms with Gasteiger partial charge in [-0.15, -0.1) is 0 Å². The predicted molar refractivity (Wildman–Crippen MR) is 102 cm³/mol. The molecule has 1 aliphatic rings. The average Bonchev–Trinajstić information content (AvgIpc) is 2.58. The largest absolute Gasteiger partial charge is 0.497 e. The zero-order valence-electron chi connectivity index (χ0n) is 14.5. The molecule has 0 saturated carbocycles. The molecule has 5 heteroatoms. The van der Waals surface area contributed by atoms with Gasteiger partial charge in [-0.2, -0.15) is 0 Å². The van der Waals surface area contributed by atoms with E-state index in [9.17, 15) is 0 Å². The van der Waals surface area contributed by atoms with Crippen molar-refractivity contribution in [3.05, 3.63) is 59.7 Å². The molecule has 2 aromatic rings. The number of rotatable bonds is 3. The monoisotopic (exact) mass is 362 g/mol. The van der Waals surface area contributed by atoms with E-state index in [1.807, 2.05) is 24.3 Å². The van der Waals surface area contributed by atoms with E-state index >= 15 is 0 Å². The maximum Gasteiger partial charge on any atom is 0.220 e. The third kappa shape index (κ3) is 3.43. The summed E-state index contributed by atoms with van der Waals surface area (Å²) in [6.45, 7) is 4.45. The van der Waals surface area contributed by atoms with Gasteiger partial charge in [0.25, 0.3) is 0 Å². The highest BCUT2D eigenvalue weighted by Gasteiger charge is 2.43. The maximum atomic E-state index is 6.44. The lowest BCUT2D eigenvalue weighted by Crippen LogP contribution is -2.35. The second-order valence-corrected chi connectivity index (χ2v) is 10.3. The first-order valence-electron chi connectivity index (χ1n) is 7.98. The van der Waals surface area contributed by atoms with E-state index in [1.165, 1.54) is 5.56 Å². The van der Waals surface area contributed by atoms with Crippen LogP contribution in [0.2, 0.25) is 0 Å². The molecule has 2 atom stereocenters. The number of ether oxygens (including phenoxy) is 1. The lowest BCUT2D eigenvalue weighted by atomic mass is 9.83. The highest BCUT2D eigenvalue weighted by Crippen LogP contribution is 2.60. The smallest absolute Gasteiger partial charge is 0.220 e. The van der Waals surface area contributed by atoms with Crippen LogP contribution in [0.3, 0.4) is 0 Å². The molecule has 1 fully saturated rings. The summed E-state index contributed by atoms with van der Waals surface area (Å²) in [5.74, 6) is 0.799. The predicted octanol–water partition coefficient (Wildman–Crippen LogP) is 4.75. The number of hydrogen-bond acceptors (Lipinski definition) is 4. The Morgan fingerprint density at radius 1 is 1.08 bits per heavy atom. The summed E-state index contributed by atoms with van der Waals surface area (Å²) in [4.78, 5) is 0. The Hall–Kier alpha value is -1.19. The number of hydrogen-bond donors (Lipinski definition) is 0. The van der Waals surface area contributed by atoms with Gasteiger partial charge in [-0.25, -0.2) is 0 Å². The summed E-state index contributed by atoms with van der Waals surface area (Å²) in [6.07, 6.45) is -0.0835. The van der Waals surface area contributed by atoms with Gasteiger partial charge in [0.05, 0.1) is 19.8 Å². The first-order chi connectivity index (χ1) is 11.3. The highest BCUT2D eigenvalue weighted by atomic mass is 32.5. The van der Waals surface area contributed by atoms with Crippen molar-refractivity contribution in [2.24, 2.45) is 5.41 Å². The van der Waals surface area contributed by atoms with Crippen LogP contribution in [-0.2, 0) is 20.9 Å². The van der Waals surface area contributed by atoms with Gasteiger partial charge in [-0.3, -0.25) is 0 Å². The molecule has 0 aromatic heterocycles. The molecule has 0 aliphatic carbocycles. The van der Waals surface area contributed by atoms with Gasteiger partial charge in [0.1, 0.15) is 5.75 Å². The van der Waals surface area contributed by atoms with Crippen molar-refractivity contribution in [1.29, 1.82) is 0 Å². The number of benzene rings is 2. The molecule has 0 N–H and O–H groups in total. The van der Waals surface area contributed by atoms with Crippen molar-refractivity contribution in [3.63, 3.8) is 0 Å². The van der Waals surface area contributed by atoms with Crippen LogP contribution in [0, 0.1) is 12.3 Å². The minimum absolute atomic E-state index is 0.0835. The normalized spacial score (nSPS) is 26.1. The van der Waals surface area contributed by atoms with Gasteiger partial charge in [-0.1, -0.05) is 43.7 Å². The molecule has 0 radical (unpaired) electrons. The fourth-order valence-corrected chi connectivity index (χ4v) is 5.61. The molecular weight excluding hydrogens is 339 g/mol. The lowest BCUT2D eigenvalue weighted by molar-refractivity contribution is -0.00893. The van der Waals surface area contributed by atoms with E-state index in [2.05, 4.69) is 45.0 Å². The fraction of sp³-hybridized carbons (Fsp3) is 0.368. The number of aryl methyl sites for hydroxylation is 1. The molecular formula is C19H23O3PS. The van der Waals surface area contributed by atoms with Crippen molar-refractivity contribution < 1.29 is 13.8 Å². The summed E-state index contributed by atoms with van der Waals surface area (Å²) in [5, 5.41) is 0.922. The Kier molecular flexibility index (Phi) is 4.85. The summed E-state index contributed by atoms with van der Waals surface area (Å²) in [7, 11) is 1.65. The Labute approximate surface area is 149 Å². The fourth-order valence-electron chi connectivity index (χ4n) is 2.79. The number of methoxy groups -OCH3 is 1. The third-order valence-electron chi connectivity index (χ3n) is 4.33. The van der Waals surface area contributed by atoms with E-state index in [1.54, 1.807) is 7.11 Å². The van der Waals surface area contributed by atoms with Crippen LogP contribution in [0.1, 0.15) is 31.1 Å². The van der Waals surface area contributed by atoms with Gasteiger partial charge >= 0.3 is 0 Å². The molecule has 3 nitrogen and oxygen atoms in total. The van der Waals surface area contributed by atoms with E-state index in [-0.39, 0.29) is 11.5 Å². The first kappa shape index (κ1) is 17.6. The van der Waals surface area contributed by atoms with Gasteiger partial charge in [0, 0.05) is 10.7 Å². The molecule has 3 rings (SSSR count). The van der Waals surface area contributed by atoms with Crippen molar-refractivity contribution in [1.82, 2.24) is 0 Å². The second kappa shape index (κ2) is 6.61. The Morgan fingerprint density at radius 2 is 1.71 bits per heavy atom. The minimum Gasteiger partial charge on any atom is -0.497 e. The van der Waals surface area contributed by atoms with Crippen LogP contribution in [0.5, 0.6) is 5.75 Å². The van der Waals surface area contributed by atoms with Crippen LogP contribution < -0.4 is 10.0 Å². The van der Waals surface area contributed by atoms with Crippen LogP contribution in [0.4, 0.5) is 0 Å². The molecule has 1 heterocycles. The SMILES string of the molecule is COc1ccc(P2(=S)OCC(C)(C)C(c3ccc(C)cc3)O2)cc1. The molecule has 2 aromatic carbocycles. The standard InChI is InChI=1S/C19H23O3PS/c1-14-5-7-15(8-6-14)18-19(2,3)13-21-23(24,22-18)17-11-9-16(20-4)10-12-17/h5-12,18H,13H2,1-4H3. The van der Waals surface area contributed by atoms with Gasteiger partial charge in [0.15, 0.2) is 0 Å². The van der Waals surface area contributed by atoms with Gasteiger partial charge < -0.3 is 13.8 Å². The van der Waals surface area contributed by atoms with Crippen LogP contribution in [0.25, 0.3) is 0 Å². The average molecular weight is 362 g/mol. The summed E-state index contributed by atoms with van der Waals surface area (Å²) in [5.41, 5.74) is 2.25. The second-order valence-electron chi connectivity index (χ2n) is 6.85. The quantitative estimate of drug-likeness (QED) is 0.737. The molecule has 24 heavy (non-hydrogen) atoms.